The minimum absolute atomic E-state index is 0.102. The fraction of sp³-hybridized carbons (Fsp3) is 0.938. The minimum atomic E-state index is -4.94. The highest BCUT2D eigenvalue weighted by Gasteiger charge is 2.30. The van der Waals surface area contributed by atoms with Gasteiger partial charge in [0.15, 0.2) is 12.2 Å². The molecular weight excluding hydrogens is 1110 g/mol. The summed E-state index contributed by atoms with van der Waals surface area (Å²) in [6, 6.07) is 0. The van der Waals surface area contributed by atoms with Crippen LogP contribution in [-0.4, -0.2) is 96.7 Å². The Labute approximate surface area is 511 Å². The van der Waals surface area contributed by atoms with Gasteiger partial charge in [0.05, 0.1) is 26.4 Å². The van der Waals surface area contributed by atoms with Crippen LogP contribution in [0.25, 0.3) is 0 Å². The second-order valence-corrected chi connectivity index (χ2v) is 27.1. The zero-order valence-corrected chi connectivity index (χ0v) is 56.0. The molecule has 0 amide bonds. The molecule has 0 heterocycles. The smallest absolute Gasteiger partial charge is 0.462 e. The van der Waals surface area contributed by atoms with Gasteiger partial charge in [0.25, 0.3) is 0 Å². The molecule has 0 aliphatic carbocycles. The molecule has 0 aromatic rings. The maximum atomic E-state index is 13.0. The van der Waals surface area contributed by atoms with E-state index in [0.29, 0.717) is 25.7 Å². The molecule has 3 N–H and O–H groups in total. The van der Waals surface area contributed by atoms with E-state index in [1.54, 1.807) is 0 Å². The third-order valence-corrected chi connectivity index (χ3v) is 17.2. The first-order chi connectivity index (χ1) is 40.4. The van der Waals surface area contributed by atoms with Gasteiger partial charge in [0.1, 0.15) is 19.3 Å². The lowest BCUT2D eigenvalue weighted by atomic mass is 10.00. The van der Waals surface area contributed by atoms with Crippen molar-refractivity contribution in [2.45, 2.75) is 342 Å². The summed E-state index contributed by atoms with van der Waals surface area (Å²) < 4.78 is 67.8. The molecule has 0 fully saturated rings. The van der Waals surface area contributed by atoms with Gasteiger partial charge in [-0.3, -0.25) is 37.3 Å². The number of phosphoric acid groups is 2. The summed E-state index contributed by atoms with van der Waals surface area (Å²) in [5, 5.41) is 10.5. The minimum Gasteiger partial charge on any atom is -0.462 e. The van der Waals surface area contributed by atoms with Crippen molar-refractivity contribution in [2.24, 2.45) is 11.8 Å². The first-order valence-electron chi connectivity index (χ1n) is 34.0. The highest BCUT2D eigenvalue weighted by molar-refractivity contribution is 7.47. The maximum absolute atomic E-state index is 13.0. The SMILES string of the molecule is CCCCCCCCCCCCCCCCCCCCC(=O)O[C@H](COC(=O)CCCCCCCCCCC(C)C)COP(=O)(O)OC[C@@H](O)COP(=O)(O)OC[C@@H](COC(=O)CCCCCCC)OC(=O)CCCCCCCCC(C)CC. The Morgan fingerprint density at radius 3 is 0.905 bits per heavy atom. The summed E-state index contributed by atoms with van der Waals surface area (Å²) in [6.45, 7) is 9.33. The molecule has 0 saturated carbocycles. The van der Waals surface area contributed by atoms with Crippen LogP contribution in [0.3, 0.4) is 0 Å². The van der Waals surface area contributed by atoms with Crippen LogP contribution in [0.4, 0.5) is 0 Å². The van der Waals surface area contributed by atoms with Crippen LogP contribution in [0.5, 0.6) is 0 Å². The first-order valence-corrected chi connectivity index (χ1v) is 37.0. The predicted molar refractivity (Wildman–Crippen MR) is 335 cm³/mol. The average molecular weight is 1240 g/mol. The monoisotopic (exact) mass is 1240 g/mol. The molecule has 84 heavy (non-hydrogen) atoms. The van der Waals surface area contributed by atoms with Gasteiger partial charge in [0, 0.05) is 25.7 Å². The summed E-state index contributed by atoms with van der Waals surface area (Å²) in [5.41, 5.74) is 0. The average Bonchev–Trinajstić information content (AvgIpc) is 3.58. The molecule has 0 saturated heterocycles. The number of carbonyl (C=O) groups is 4. The molecule has 0 aromatic heterocycles. The van der Waals surface area contributed by atoms with E-state index in [-0.39, 0.29) is 25.7 Å². The molecule has 0 aliphatic heterocycles. The van der Waals surface area contributed by atoms with Crippen LogP contribution >= 0.6 is 15.6 Å². The van der Waals surface area contributed by atoms with Gasteiger partial charge in [-0.25, -0.2) is 9.13 Å². The summed E-state index contributed by atoms with van der Waals surface area (Å²) >= 11 is 0. The fourth-order valence-corrected chi connectivity index (χ4v) is 11.3. The van der Waals surface area contributed by atoms with Gasteiger partial charge in [-0.05, 0) is 37.5 Å². The van der Waals surface area contributed by atoms with Crippen molar-refractivity contribution in [1.29, 1.82) is 0 Å². The van der Waals surface area contributed by atoms with Gasteiger partial charge in [-0.1, -0.05) is 273 Å². The Morgan fingerprint density at radius 1 is 0.345 bits per heavy atom. The molecule has 0 spiro atoms. The van der Waals surface area contributed by atoms with E-state index in [1.807, 2.05) is 0 Å². The van der Waals surface area contributed by atoms with Crippen LogP contribution in [0.1, 0.15) is 324 Å². The second-order valence-electron chi connectivity index (χ2n) is 24.2. The summed E-state index contributed by atoms with van der Waals surface area (Å²) in [4.78, 5) is 72.0. The van der Waals surface area contributed by atoms with Crippen molar-refractivity contribution in [2.75, 3.05) is 39.6 Å². The van der Waals surface area contributed by atoms with Crippen LogP contribution in [0.15, 0.2) is 0 Å². The molecule has 17 nitrogen and oxygen atoms in total. The number of hydrogen-bond acceptors (Lipinski definition) is 15. The standard InChI is InChI=1S/C65H126O17P2/c1-7-10-12-14-15-16-17-18-19-20-21-22-23-24-25-30-37-43-49-64(69)81-61(54-76-63(68)48-42-36-29-27-26-28-34-39-45-57(4)5)56-80-84(73,74)78-52-59(66)51-77-83(71,72)79-55-60(53-75-62(67)47-41-33-13-11-8-2)82-65(70)50-44-38-32-31-35-40-46-58(6)9-3/h57-61,66H,7-56H2,1-6H3,(H,71,72)(H,73,74)/t58?,59-,60+,61+/m0/s1. The van der Waals surface area contributed by atoms with Gasteiger partial charge < -0.3 is 33.8 Å². The van der Waals surface area contributed by atoms with E-state index < -0.39 is 97.5 Å². The molecule has 0 aromatic carbocycles. The normalized spacial score (nSPS) is 14.6. The molecule has 0 radical (unpaired) electrons. The summed E-state index contributed by atoms with van der Waals surface area (Å²) in [5.74, 6) is -0.699. The Bertz CT molecular complexity index is 1650. The van der Waals surface area contributed by atoms with Crippen LogP contribution < -0.4 is 0 Å². The molecular formula is C65H126O17P2. The van der Waals surface area contributed by atoms with E-state index in [9.17, 15) is 43.2 Å². The topological polar surface area (TPSA) is 237 Å². The third kappa shape index (κ3) is 57.8. The maximum Gasteiger partial charge on any atom is 0.472 e. The highest BCUT2D eigenvalue weighted by atomic mass is 31.2. The number of ether oxygens (including phenoxy) is 4. The van der Waals surface area contributed by atoms with Crippen molar-refractivity contribution in [3.8, 4) is 0 Å². The Balaban J connectivity index is 5.14. The molecule has 19 heteroatoms. The number of rotatable bonds is 64. The molecule has 3 unspecified atom stereocenters. The van der Waals surface area contributed by atoms with E-state index in [1.165, 1.54) is 135 Å². The van der Waals surface area contributed by atoms with Crippen LogP contribution in [0, 0.1) is 11.8 Å². The molecule has 0 rings (SSSR count). The first kappa shape index (κ1) is 82.1. The van der Waals surface area contributed by atoms with Crippen LogP contribution in [-0.2, 0) is 65.4 Å². The van der Waals surface area contributed by atoms with Crippen molar-refractivity contribution >= 4 is 39.5 Å². The largest absolute Gasteiger partial charge is 0.472 e. The van der Waals surface area contributed by atoms with Crippen molar-refractivity contribution < 1.29 is 80.2 Å². The lowest BCUT2D eigenvalue weighted by molar-refractivity contribution is -0.161. The predicted octanol–water partition coefficient (Wildman–Crippen LogP) is 18.0. The molecule has 0 bridgehead atoms. The second kappa shape index (κ2) is 57.5. The van der Waals surface area contributed by atoms with Crippen molar-refractivity contribution in [1.82, 2.24) is 0 Å². The third-order valence-electron chi connectivity index (χ3n) is 15.3. The number of phosphoric ester groups is 2. The van der Waals surface area contributed by atoms with E-state index in [2.05, 4.69) is 41.5 Å². The van der Waals surface area contributed by atoms with Gasteiger partial charge in [-0.2, -0.15) is 0 Å². The summed E-state index contributed by atoms with van der Waals surface area (Å²) in [7, 11) is -9.88. The van der Waals surface area contributed by atoms with E-state index in [0.717, 1.165) is 108 Å². The number of esters is 4. The Hall–Kier alpha value is -1.94. The zero-order valence-electron chi connectivity index (χ0n) is 54.2. The lowest BCUT2D eigenvalue weighted by Gasteiger charge is -2.21. The highest BCUT2D eigenvalue weighted by Crippen LogP contribution is 2.45. The van der Waals surface area contributed by atoms with Crippen LogP contribution in [0.2, 0.25) is 0 Å². The Morgan fingerprint density at radius 2 is 0.607 bits per heavy atom. The van der Waals surface area contributed by atoms with Gasteiger partial charge in [0.2, 0.25) is 0 Å². The van der Waals surface area contributed by atoms with Gasteiger partial charge >= 0.3 is 39.5 Å². The number of hydrogen-bond donors (Lipinski definition) is 3. The fourth-order valence-electron chi connectivity index (χ4n) is 9.68. The lowest BCUT2D eigenvalue weighted by Crippen LogP contribution is -2.30. The molecule has 498 valence electrons. The number of unbranched alkanes of at least 4 members (excludes halogenated alkanes) is 33. The van der Waals surface area contributed by atoms with E-state index >= 15 is 0 Å². The van der Waals surface area contributed by atoms with Gasteiger partial charge in [-0.15, -0.1) is 0 Å². The number of aliphatic hydroxyl groups is 1. The zero-order chi connectivity index (χ0) is 62.2. The number of aliphatic hydroxyl groups excluding tert-OH is 1. The molecule has 0 aliphatic rings. The Kier molecular flexibility index (Phi) is 56.2. The van der Waals surface area contributed by atoms with E-state index in [4.69, 9.17) is 37.0 Å². The van der Waals surface area contributed by atoms with Crippen molar-refractivity contribution in [3.63, 3.8) is 0 Å². The molecule has 6 atom stereocenters. The van der Waals surface area contributed by atoms with Crippen molar-refractivity contribution in [3.05, 3.63) is 0 Å². The summed E-state index contributed by atoms with van der Waals surface area (Å²) in [6.07, 6.45) is 40.9. The number of carbonyl (C=O) groups excluding carboxylic acids is 4. The quantitative estimate of drug-likeness (QED) is 0.0222.